The fraction of sp³-hybridized carbons (Fsp3) is 0.348. The molecule has 1 aromatic carbocycles. The van der Waals surface area contributed by atoms with Crippen LogP contribution in [0, 0.1) is 0 Å². The summed E-state index contributed by atoms with van der Waals surface area (Å²) in [4.78, 5) is 50.7. The second kappa shape index (κ2) is 7.15. The number of pyridine rings is 1. The third-order valence-corrected chi connectivity index (χ3v) is 6.38. The minimum absolute atomic E-state index is 0.0711. The molecule has 0 radical (unpaired) electrons. The van der Waals surface area contributed by atoms with Crippen LogP contribution in [0.5, 0.6) is 0 Å². The van der Waals surface area contributed by atoms with E-state index in [1.807, 2.05) is 24.3 Å². The lowest BCUT2D eigenvalue weighted by atomic mass is 9.96. The van der Waals surface area contributed by atoms with Crippen LogP contribution in [0.1, 0.15) is 53.9 Å². The van der Waals surface area contributed by atoms with Crippen LogP contribution in [0.3, 0.4) is 0 Å². The van der Waals surface area contributed by atoms with E-state index in [2.05, 4.69) is 15.0 Å². The van der Waals surface area contributed by atoms with E-state index >= 15 is 0 Å². The summed E-state index contributed by atoms with van der Waals surface area (Å²) in [7, 11) is 0. The Morgan fingerprint density at radius 1 is 1.09 bits per heavy atom. The maximum Gasteiger partial charge on any atom is 0.330 e. The number of benzene rings is 1. The number of aromatic amines is 1. The number of nitrogens with one attached hydrogen (secondary N) is 1. The molecule has 1 amide bonds. The number of aromatic nitrogens is 4. The molecule has 2 aliphatic rings. The SMILES string of the molecule is O=C(c1cnc2c(c1)c(=O)[nH]c(=O)n2C1CC1)N1CCC(c2nc3ccccc3o2)CC1. The van der Waals surface area contributed by atoms with Crippen molar-refractivity contribution in [1.82, 2.24) is 24.4 Å². The van der Waals surface area contributed by atoms with E-state index < -0.39 is 11.2 Å². The van der Waals surface area contributed by atoms with Crippen molar-refractivity contribution in [2.75, 3.05) is 13.1 Å². The Hall–Kier alpha value is -3.75. The summed E-state index contributed by atoms with van der Waals surface area (Å²) >= 11 is 0. The van der Waals surface area contributed by atoms with Gasteiger partial charge < -0.3 is 9.32 Å². The minimum atomic E-state index is -0.515. The zero-order chi connectivity index (χ0) is 21.8. The second-order valence-corrected chi connectivity index (χ2v) is 8.54. The number of H-pyrrole nitrogens is 1. The Morgan fingerprint density at radius 2 is 1.88 bits per heavy atom. The Bertz CT molecular complexity index is 1440. The van der Waals surface area contributed by atoms with Gasteiger partial charge in [0.05, 0.1) is 10.9 Å². The molecule has 1 aliphatic carbocycles. The molecule has 0 atom stereocenters. The normalized spacial score (nSPS) is 17.3. The van der Waals surface area contributed by atoms with Crippen molar-refractivity contribution in [3.8, 4) is 0 Å². The maximum atomic E-state index is 13.1. The highest BCUT2D eigenvalue weighted by molar-refractivity contribution is 5.96. The average Bonchev–Trinajstić information content (AvgIpc) is 3.55. The molecule has 32 heavy (non-hydrogen) atoms. The topological polar surface area (TPSA) is 114 Å². The number of hydrogen-bond donors (Lipinski definition) is 1. The van der Waals surface area contributed by atoms with E-state index in [1.54, 1.807) is 11.0 Å². The number of rotatable bonds is 3. The third-order valence-electron chi connectivity index (χ3n) is 6.38. The van der Waals surface area contributed by atoms with Crippen LogP contribution in [0.4, 0.5) is 0 Å². The summed E-state index contributed by atoms with van der Waals surface area (Å²) in [5, 5.41) is 0.267. The summed E-state index contributed by atoms with van der Waals surface area (Å²) in [5.74, 6) is 0.714. The molecule has 2 fully saturated rings. The lowest BCUT2D eigenvalue weighted by molar-refractivity contribution is 0.0706. The Balaban J connectivity index is 1.23. The molecule has 162 valence electrons. The van der Waals surface area contributed by atoms with Crippen molar-refractivity contribution in [3.63, 3.8) is 0 Å². The van der Waals surface area contributed by atoms with Gasteiger partial charge in [0.2, 0.25) is 0 Å². The van der Waals surface area contributed by atoms with Gasteiger partial charge in [-0.25, -0.2) is 14.8 Å². The smallest absolute Gasteiger partial charge is 0.330 e. The number of nitrogens with zero attached hydrogens (tertiary/aromatic N) is 4. The fourth-order valence-corrected chi connectivity index (χ4v) is 4.50. The average molecular weight is 431 g/mol. The van der Waals surface area contributed by atoms with Gasteiger partial charge in [-0.3, -0.25) is 19.1 Å². The van der Waals surface area contributed by atoms with Gasteiger partial charge in [0.1, 0.15) is 11.2 Å². The number of fused-ring (bicyclic) bond motifs is 2. The molecule has 6 rings (SSSR count). The number of amides is 1. The predicted octanol–water partition coefficient (Wildman–Crippen LogP) is 2.58. The van der Waals surface area contributed by atoms with Crippen molar-refractivity contribution >= 4 is 28.0 Å². The standard InChI is InChI=1S/C23H21N5O4/c29-20-16-11-14(12-24-19(16)28(15-5-6-15)23(31)26-20)22(30)27-9-7-13(8-10-27)21-25-17-3-1-2-4-18(17)32-21/h1-4,11-13,15H,5-10H2,(H,26,29,31). The molecule has 3 aromatic heterocycles. The molecule has 1 N–H and O–H groups in total. The lowest BCUT2D eigenvalue weighted by Crippen LogP contribution is -2.38. The number of oxazole rings is 1. The molecule has 0 bridgehead atoms. The highest BCUT2D eigenvalue weighted by Gasteiger charge is 2.30. The van der Waals surface area contributed by atoms with E-state index in [4.69, 9.17) is 4.42 Å². The number of likely N-dealkylation sites (tertiary alicyclic amines) is 1. The molecule has 4 aromatic rings. The van der Waals surface area contributed by atoms with Crippen molar-refractivity contribution in [2.45, 2.75) is 37.6 Å². The van der Waals surface area contributed by atoms with Crippen LogP contribution in [0.15, 0.2) is 50.5 Å². The molecule has 4 heterocycles. The van der Waals surface area contributed by atoms with Gasteiger partial charge in [-0.2, -0.15) is 0 Å². The zero-order valence-corrected chi connectivity index (χ0v) is 17.3. The first-order valence-corrected chi connectivity index (χ1v) is 10.9. The Kier molecular flexibility index (Phi) is 4.24. The van der Waals surface area contributed by atoms with Crippen LogP contribution in [0.2, 0.25) is 0 Å². The maximum absolute atomic E-state index is 13.1. The van der Waals surface area contributed by atoms with Gasteiger partial charge in [0.25, 0.3) is 11.5 Å². The molecular weight excluding hydrogens is 410 g/mol. The van der Waals surface area contributed by atoms with E-state index in [-0.39, 0.29) is 23.3 Å². The van der Waals surface area contributed by atoms with Crippen LogP contribution in [0.25, 0.3) is 22.1 Å². The van der Waals surface area contributed by atoms with E-state index in [9.17, 15) is 14.4 Å². The van der Waals surface area contributed by atoms with Gasteiger partial charge in [-0.05, 0) is 43.9 Å². The molecule has 9 nitrogen and oxygen atoms in total. The Labute approximate surface area is 181 Å². The van der Waals surface area contributed by atoms with Crippen LogP contribution >= 0.6 is 0 Å². The van der Waals surface area contributed by atoms with Gasteiger partial charge in [0, 0.05) is 31.2 Å². The predicted molar refractivity (Wildman–Crippen MR) is 117 cm³/mol. The van der Waals surface area contributed by atoms with Crippen molar-refractivity contribution in [1.29, 1.82) is 0 Å². The Morgan fingerprint density at radius 3 is 2.62 bits per heavy atom. The van der Waals surface area contributed by atoms with Crippen LogP contribution < -0.4 is 11.2 Å². The number of carbonyl (C=O) groups excluding carboxylic acids is 1. The van der Waals surface area contributed by atoms with E-state index in [0.717, 1.165) is 42.7 Å². The molecule has 0 unspecified atom stereocenters. The summed E-state index contributed by atoms with van der Waals surface area (Å²) in [6.07, 6.45) is 4.75. The summed E-state index contributed by atoms with van der Waals surface area (Å²) in [6, 6.07) is 9.31. The minimum Gasteiger partial charge on any atom is -0.440 e. The molecular formula is C23H21N5O4. The van der Waals surface area contributed by atoms with Gasteiger partial charge in [0.15, 0.2) is 11.5 Å². The quantitative estimate of drug-likeness (QED) is 0.533. The highest BCUT2D eigenvalue weighted by Crippen LogP contribution is 2.35. The monoisotopic (exact) mass is 431 g/mol. The fourth-order valence-electron chi connectivity index (χ4n) is 4.50. The van der Waals surface area contributed by atoms with Crippen molar-refractivity contribution in [2.24, 2.45) is 0 Å². The van der Waals surface area contributed by atoms with Gasteiger partial charge in [-0.15, -0.1) is 0 Å². The summed E-state index contributed by atoms with van der Waals surface area (Å²) in [6.45, 7) is 1.14. The molecule has 9 heteroatoms. The zero-order valence-electron chi connectivity index (χ0n) is 17.3. The number of para-hydroxylation sites is 2. The molecule has 1 saturated heterocycles. The van der Waals surface area contributed by atoms with Crippen LogP contribution in [-0.2, 0) is 0 Å². The van der Waals surface area contributed by atoms with E-state index in [1.165, 1.54) is 10.8 Å². The molecule has 0 spiro atoms. The van der Waals surface area contributed by atoms with Crippen molar-refractivity contribution in [3.05, 3.63) is 68.8 Å². The summed E-state index contributed by atoms with van der Waals surface area (Å²) < 4.78 is 7.43. The van der Waals surface area contributed by atoms with Crippen LogP contribution in [-0.4, -0.2) is 43.4 Å². The lowest BCUT2D eigenvalue weighted by Gasteiger charge is -2.30. The highest BCUT2D eigenvalue weighted by atomic mass is 16.3. The number of hydrogen-bond acceptors (Lipinski definition) is 6. The first-order chi connectivity index (χ1) is 15.6. The molecule has 1 saturated carbocycles. The number of piperidine rings is 1. The largest absolute Gasteiger partial charge is 0.440 e. The van der Waals surface area contributed by atoms with Gasteiger partial charge >= 0.3 is 5.69 Å². The number of carbonyl (C=O) groups is 1. The molecule has 1 aliphatic heterocycles. The van der Waals surface area contributed by atoms with E-state index in [0.29, 0.717) is 24.3 Å². The van der Waals surface area contributed by atoms with Gasteiger partial charge in [-0.1, -0.05) is 12.1 Å². The van der Waals surface area contributed by atoms with Crippen molar-refractivity contribution < 1.29 is 9.21 Å². The summed E-state index contributed by atoms with van der Waals surface area (Å²) in [5.41, 5.74) is 1.35. The first-order valence-electron chi connectivity index (χ1n) is 10.9. The third kappa shape index (κ3) is 3.12. The second-order valence-electron chi connectivity index (χ2n) is 8.54. The first kappa shape index (κ1) is 19.0.